The Bertz CT molecular complexity index is 894. The highest BCUT2D eigenvalue weighted by Gasteiger charge is 2.25. The third-order valence-corrected chi connectivity index (χ3v) is 5.40. The van der Waals surface area contributed by atoms with Crippen molar-refractivity contribution >= 4 is 27.6 Å². The van der Waals surface area contributed by atoms with Gasteiger partial charge in [-0.3, -0.25) is 9.10 Å². The molecule has 0 bridgehead atoms. The summed E-state index contributed by atoms with van der Waals surface area (Å²) in [7, 11) is -4.08. The molecule has 2 aromatic rings. The van der Waals surface area contributed by atoms with Gasteiger partial charge in [0, 0.05) is 13.0 Å². The van der Waals surface area contributed by atoms with Gasteiger partial charge in [0.15, 0.2) is 0 Å². The molecule has 0 aliphatic rings. The summed E-state index contributed by atoms with van der Waals surface area (Å²) in [5.41, 5.74) is 0.170. The molecule has 2 aromatic carbocycles. The monoisotopic (exact) mass is 381 g/mol. The van der Waals surface area contributed by atoms with Gasteiger partial charge in [-0.2, -0.15) is 0 Å². The summed E-state index contributed by atoms with van der Waals surface area (Å²) in [5.74, 6) is -2.81. The number of carboxylic acids is 2. The van der Waals surface area contributed by atoms with Crippen molar-refractivity contribution < 1.29 is 32.6 Å². The molecule has 2 N–H and O–H groups in total. The second-order valence-electron chi connectivity index (χ2n) is 5.38. The van der Waals surface area contributed by atoms with Crippen LogP contribution in [0.5, 0.6) is 0 Å². The Balaban J connectivity index is 2.40. The molecule has 0 radical (unpaired) electrons. The van der Waals surface area contributed by atoms with Gasteiger partial charge in [-0.25, -0.2) is 17.6 Å². The molecule has 0 fully saturated rings. The van der Waals surface area contributed by atoms with Crippen molar-refractivity contribution in [2.24, 2.45) is 0 Å². The molecular weight excluding hydrogens is 365 g/mol. The Morgan fingerprint density at radius 2 is 1.54 bits per heavy atom. The predicted molar refractivity (Wildman–Crippen MR) is 91.2 cm³/mol. The summed E-state index contributed by atoms with van der Waals surface area (Å²) in [6.45, 7) is -0.127. The van der Waals surface area contributed by atoms with Gasteiger partial charge in [-0.05, 0) is 55.0 Å². The van der Waals surface area contributed by atoms with E-state index >= 15 is 0 Å². The number of aliphatic carboxylic acids is 1. The summed E-state index contributed by atoms with van der Waals surface area (Å²) < 4.78 is 39.8. The Morgan fingerprint density at radius 3 is 2.04 bits per heavy atom. The molecule has 0 saturated carbocycles. The molecule has 138 valence electrons. The molecule has 7 nitrogen and oxygen atoms in total. The molecule has 0 aliphatic heterocycles. The van der Waals surface area contributed by atoms with Crippen LogP contribution in [0.3, 0.4) is 0 Å². The van der Waals surface area contributed by atoms with E-state index in [0.29, 0.717) is 0 Å². The number of anilines is 1. The molecule has 0 heterocycles. The van der Waals surface area contributed by atoms with Gasteiger partial charge in [-0.15, -0.1) is 0 Å². The second-order valence-corrected chi connectivity index (χ2v) is 7.24. The molecular formula is C17H16FNO6S. The van der Waals surface area contributed by atoms with Crippen LogP contribution in [-0.4, -0.2) is 37.1 Å². The first-order valence-corrected chi connectivity index (χ1v) is 8.99. The fourth-order valence-electron chi connectivity index (χ4n) is 2.27. The zero-order valence-corrected chi connectivity index (χ0v) is 14.3. The molecule has 0 aliphatic carbocycles. The fourth-order valence-corrected chi connectivity index (χ4v) is 3.77. The average molecular weight is 381 g/mol. The van der Waals surface area contributed by atoms with Crippen LogP contribution in [0.25, 0.3) is 0 Å². The first-order valence-electron chi connectivity index (χ1n) is 7.55. The lowest BCUT2D eigenvalue weighted by Gasteiger charge is -2.24. The van der Waals surface area contributed by atoms with Crippen molar-refractivity contribution in [3.05, 3.63) is 59.9 Å². The lowest BCUT2D eigenvalue weighted by atomic mass is 10.2. The first-order chi connectivity index (χ1) is 12.2. The maximum absolute atomic E-state index is 13.1. The largest absolute Gasteiger partial charge is 0.481 e. The minimum absolute atomic E-state index is 0.0154. The van der Waals surface area contributed by atoms with Gasteiger partial charge < -0.3 is 10.2 Å². The third-order valence-electron chi connectivity index (χ3n) is 3.56. The van der Waals surface area contributed by atoms with Crippen LogP contribution in [0.15, 0.2) is 53.4 Å². The number of benzene rings is 2. The van der Waals surface area contributed by atoms with Crippen molar-refractivity contribution in [2.75, 3.05) is 10.8 Å². The molecule has 2 rings (SSSR count). The van der Waals surface area contributed by atoms with E-state index in [9.17, 15) is 22.4 Å². The van der Waals surface area contributed by atoms with E-state index in [1.807, 2.05) is 0 Å². The molecule has 0 spiro atoms. The van der Waals surface area contributed by atoms with E-state index in [1.54, 1.807) is 0 Å². The van der Waals surface area contributed by atoms with Crippen molar-refractivity contribution in [1.29, 1.82) is 0 Å². The summed E-state index contributed by atoms with van der Waals surface area (Å²) in [4.78, 5) is 21.5. The normalized spacial score (nSPS) is 11.1. The molecule has 26 heavy (non-hydrogen) atoms. The van der Waals surface area contributed by atoms with Crippen LogP contribution in [-0.2, 0) is 14.8 Å². The van der Waals surface area contributed by atoms with E-state index in [1.165, 1.54) is 24.3 Å². The Labute approximate surface area is 149 Å². The van der Waals surface area contributed by atoms with Crippen molar-refractivity contribution in [3.8, 4) is 0 Å². The van der Waals surface area contributed by atoms with Gasteiger partial charge in [0.05, 0.1) is 16.1 Å². The van der Waals surface area contributed by atoms with E-state index < -0.39 is 27.8 Å². The maximum atomic E-state index is 13.1. The minimum Gasteiger partial charge on any atom is -0.481 e. The van der Waals surface area contributed by atoms with E-state index in [2.05, 4.69) is 0 Å². The zero-order valence-electron chi connectivity index (χ0n) is 13.5. The number of carbonyl (C=O) groups is 2. The van der Waals surface area contributed by atoms with Gasteiger partial charge in [0.2, 0.25) is 0 Å². The van der Waals surface area contributed by atoms with Gasteiger partial charge in [-0.1, -0.05) is 0 Å². The summed E-state index contributed by atoms with van der Waals surface area (Å²) in [5, 5.41) is 17.7. The number of carboxylic acid groups (broad SMARTS) is 2. The number of sulfonamides is 1. The van der Waals surface area contributed by atoms with Crippen LogP contribution in [0.1, 0.15) is 23.2 Å². The van der Waals surface area contributed by atoms with E-state index in [0.717, 1.165) is 28.6 Å². The quantitative estimate of drug-likeness (QED) is 0.727. The smallest absolute Gasteiger partial charge is 0.335 e. The van der Waals surface area contributed by atoms with Crippen molar-refractivity contribution in [3.63, 3.8) is 0 Å². The number of rotatable bonds is 8. The third kappa shape index (κ3) is 4.57. The van der Waals surface area contributed by atoms with Gasteiger partial charge >= 0.3 is 11.9 Å². The van der Waals surface area contributed by atoms with Gasteiger partial charge in [0.1, 0.15) is 5.82 Å². The highest BCUT2D eigenvalue weighted by molar-refractivity contribution is 7.92. The highest BCUT2D eigenvalue weighted by atomic mass is 32.2. The highest BCUT2D eigenvalue weighted by Crippen LogP contribution is 2.25. The summed E-state index contributed by atoms with van der Waals surface area (Å²) >= 11 is 0. The van der Waals surface area contributed by atoms with Crippen molar-refractivity contribution in [1.82, 2.24) is 0 Å². The zero-order chi connectivity index (χ0) is 19.3. The van der Waals surface area contributed by atoms with Crippen LogP contribution >= 0.6 is 0 Å². The van der Waals surface area contributed by atoms with Crippen LogP contribution in [0.2, 0.25) is 0 Å². The Kier molecular flexibility index (Phi) is 5.93. The number of hydrogen-bond donors (Lipinski definition) is 2. The molecule has 0 aromatic heterocycles. The standard InChI is InChI=1S/C17H16FNO6S/c18-13-5-9-15(10-6-13)26(24,25)19(11-1-2-16(20)21)14-7-3-12(4-8-14)17(22)23/h3-10H,1-2,11H2,(H,20,21)(H,22,23). The first kappa shape index (κ1) is 19.4. The molecule has 0 amide bonds. The molecule has 0 unspecified atom stereocenters. The second kappa shape index (κ2) is 7.96. The number of hydrogen-bond acceptors (Lipinski definition) is 4. The topological polar surface area (TPSA) is 112 Å². The summed E-state index contributed by atoms with van der Waals surface area (Å²) in [6.07, 6.45) is -0.181. The van der Waals surface area contributed by atoms with E-state index in [-0.39, 0.29) is 35.5 Å². The SMILES string of the molecule is O=C(O)CCCN(c1ccc(C(=O)O)cc1)S(=O)(=O)c1ccc(F)cc1. The van der Waals surface area contributed by atoms with Crippen molar-refractivity contribution in [2.45, 2.75) is 17.7 Å². The van der Waals surface area contributed by atoms with Gasteiger partial charge in [0.25, 0.3) is 10.0 Å². The summed E-state index contributed by atoms with van der Waals surface area (Å²) in [6, 6.07) is 9.40. The maximum Gasteiger partial charge on any atom is 0.335 e. The molecule has 0 saturated heterocycles. The Hall–Kier alpha value is -2.94. The lowest BCUT2D eigenvalue weighted by molar-refractivity contribution is -0.137. The molecule has 0 atom stereocenters. The Morgan fingerprint density at radius 1 is 0.962 bits per heavy atom. The number of halogens is 1. The molecule has 9 heteroatoms. The predicted octanol–water partition coefficient (Wildman–Crippen LogP) is 2.58. The number of nitrogens with zero attached hydrogens (tertiary/aromatic N) is 1. The minimum atomic E-state index is -4.08. The lowest BCUT2D eigenvalue weighted by Crippen LogP contribution is -2.32. The van der Waals surface area contributed by atoms with Crippen LogP contribution < -0.4 is 4.31 Å². The van der Waals surface area contributed by atoms with Crippen LogP contribution in [0, 0.1) is 5.82 Å². The number of aromatic carboxylic acids is 1. The average Bonchev–Trinajstić information content (AvgIpc) is 2.59. The van der Waals surface area contributed by atoms with Crippen LogP contribution in [0.4, 0.5) is 10.1 Å². The van der Waals surface area contributed by atoms with E-state index in [4.69, 9.17) is 10.2 Å². The fraction of sp³-hybridized carbons (Fsp3) is 0.176.